The lowest BCUT2D eigenvalue weighted by atomic mass is 10.2. The molecule has 1 aromatic carbocycles. The number of hydrogen-bond acceptors (Lipinski definition) is 6. The highest BCUT2D eigenvalue weighted by atomic mass is 32.2. The quantitative estimate of drug-likeness (QED) is 0.443. The number of nitrogens with one attached hydrogen (secondary N) is 1. The summed E-state index contributed by atoms with van der Waals surface area (Å²) in [5.74, 6) is -1.78. The number of phenolic OH excluding ortho intramolecular Hbond substituents is 3. The number of benzene rings is 1. The van der Waals surface area contributed by atoms with Gasteiger partial charge in [-0.1, -0.05) is 0 Å². The van der Waals surface area contributed by atoms with Crippen molar-refractivity contribution in [2.45, 2.75) is 0 Å². The van der Waals surface area contributed by atoms with E-state index in [4.69, 9.17) is 0 Å². The van der Waals surface area contributed by atoms with Crippen LogP contribution in [0.25, 0.3) is 0 Å². The molecule has 122 valence electrons. The molecule has 0 radical (unpaired) electrons. The van der Waals surface area contributed by atoms with Crippen LogP contribution < -0.4 is 5.32 Å². The molecule has 22 heavy (non-hydrogen) atoms. The molecule has 1 aliphatic rings. The van der Waals surface area contributed by atoms with Gasteiger partial charge in [0, 0.05) is 38.3 Å². The van der Waals surface area contributed by atoms with Crippen molar-refractivity contribution in [1.29, 1.82) is 0 Å². The van der Waals surface area contributed by atoms with Gasteiger partial charge in [0.2, 0.25) is 10.0 Å². The molecule has 1 aliphatic heterocycles. The van der Waals surface area contributed by atoms with Crippen molar-refractivity contribution in [2.24, 2.45) is 0 Å². The largest absolute Gasteiger partial charge is 0.504 e. The van der Waals surface area contributed by atoms with Gasteiger partial charge in [0.15, 0.2) is 17.2 Å². The van der Waals surface area contributed by atoms with Crippen LogP contribution in [0.5, 0.6) is 17.2 Å². The molecule has 0 atom stereocenters. The summed E-state index contributed by atoms with van der Waals surface area (Å²) in [6.45, 7) is 0.876. The molecular weight excluding hydrogens is 314 g/mol. The molecule has 0 unspecified atom stereocenters. The zero-order chi connectivity index (χ0) is 16.5. The summed E-state index contributed by atoms with van der Waals surface area (Å²) in [7, 11) is -3.27. The highest BCUT2D eigenvalue weighted by Gasteiger charge is 2.26. The molecule has 0 saturated carbocycles. The molecule has 4 N–H and O–H groups in total. The van der Waals surface area contributed by atoms with Crippen LogP contribution >= 0.6 is 0 Å². The summed E-state index contributed by atoms with van der Waals surface area (Å²) in [6, 6.07) is 1.71. The molecule has 10 heteroatoms. The Morgan fingerprint density at radius 1 is 1.09 bits per heavy atom. The van der Waals surface area contributed by atoms with Gasteiger partial charge in [-0.2, -0.15) is 4.31 Å². The number of hydrogen-bond donors (Lipinski definition) is 4. The van der Waals surface area contributed by atoms with Crippen LogP contribution in [0, 0.1) is 0 Å². The summed E-state index contributed by atoms with van der Waals surface area (Å²) in [4.78, 5) is 13.5. The van der Waals surface area contributed by atoms with Crippen LogP contribution in [0.4, 0.5) is 10.5 Å². The number of piperazine rings is 1. The van der Waals surface area contributed by atoms with Crippen molar-refractivity contribution in [1.82, 2.24) is 9.21 Å². The van der Waals surface area contributed by atoms with Crippen molar-refractivity contribution in [3.05, 3.63) is 12.1 Å². The number of phenols is 3. The second-order valence-electron chi connectivity index (χ2n) is 4.94. The van der Waals surface area contributed by atoms with Gasteiger partial charge in [0.25, 0.3) is 0 Å². The van der Waals surface area contributed by atoms with Crippen LogP contribution in [0.3, 0.4) is 0 Å². The number of carbonyl (C=O) groups is 1. The number of aromatic hydroxyl groups is 3. The Hall–Kier alpha value is -2.20. The van der Waals surface area contributed by atoms with Gasteiger partial charge in [-0.05, 0) is 0 Å². The Kier molecular flexibility index (Phi) is 4.33. The van der Waals surface area contributed by atoms with Gasteiger partial charge in [0.1, 0.15) is 0 Å². The molecule has 2 amide bonds. The molecule has 0 spiro atoms. The van der Waals surface area contributed by atoms with Gasteiger partial charge in [-0.3, -0.25) is 0 Å². The third kappa shape index (κ3) is 3.52. The average Bonchev–Trinajstić information content (AvgIpc) is 2.44. The first-order chi connectivity index (χ1) is 10.2. The first-order valence-corrected chi connectivity index (χ1v) is 8.29. The molecule has 9 nitrogen and oxygen atoms in total. The minimum absolute atomic E-state index is 0.114. The maximum absolute atomic E-state index is 12.1. The van der Waals surface area contributed by atoms with E-state index in [9.17, 15) is 28.5 Å². The number of carbonyl (C=O) groups excluding carboxylic acids is 1. The molecule has 1 heterocycles. The molecular formula is C12H17N3O6S. The molecule has 1 aromatic rings. The monoisotopic (exact) mass is 331 g/mol. The first kappa shape index (κ1) is 16.2. The van der Waals surface area contributed by atoms with E-state index in [0.717, 1.165) is 18.4 Å². The van der Waals surface area contributed by atoms with Gasteiger partial charge in [-0.25, -0.2) is 13.2 Å². The molecule has 0 aliphatic carbocycles. The zero-order valence-electron chi connectivity index (χ0n) is 11.9. The molecule has 1 saturated heterocycles. The Morgan fingerprint density at radius 3 is 2.05 bits per heavy atom. The molecule has 0 aromatic heterocycles. The number of amides is 2. The Bertz CT molecular complexity index is 659. The lowest BCUT2D eigenvalue weighted by Gasteiger charge is -2.33. The van der Waals surface area contributed by atoms with Crippen LogP contribution in [0.15, 0.2) is 12.1 Å². The fourth-order valence-corrected chi connectivity index (χ4v) is 2.93. The number of nitrogens with zero attached hydrogens (tertiary/aromatic N) is 2. The minimum Gasteiger partial charge on any atom is -0.504 e. The topological polar surface area (TPSA) is 130 Å². The number of sulfonamides is 1. The highest BCUT2D eigenvalue weighted by molar-refractivity contribution is 7.88. The highest BCUT2D eigenvalue weighted by Crippen LogP contribution is 2.37. The normalized spacial score (nSPS) is 16.5. The number of rotatable bonds is 2. The van der Waals surface area contributed by atoms with E-state index >= 15 is 0 Å². The molecule has 0 bridgehead atoms. The van der Waals surface area contributed by atoms with E-state index in [1.54, 1.807) is 0 Å². The summed E-state index contributed by atoms with van der Waals surface area (Å²) in [5.41, 5.74) is 0.114. The minimum atomic E-state index is -3.27. The van der Waals surface area contributed by atoms with E-state index in [1.165, 1.54) is 9.21 Å². The van der Waals surface area contributed by atoms with Crippen LogP contribution in [0.2, 0.25) is 0 Å². The predicted molar refractivity (Wildman–Crippen MR) is 78.4 cm³/mol. The van der Waals surface area contributed by atoms with E-state index in [-0.39, 0.29) is 31.9 Å². The zero-order valence-corrected chi connectivity index (χ0v) is 12.7. The summed E-state index contributed by atoms with van der Waals surface area (Å²) in [6.07, 6.45) is 1.12. The van der Waals surface area contributed by atoms with Gasteiger partial charge < -0.3 is 25.5 Å². The third-order valence-corrected chi connectivity index (χ3v) is 4.62. The van der Waals surface area contributed by atoms with Gasteiger partial charge >= 0.3 is 6.03 Å². The molecule has 1 fully saturated rings. The van der Waals surface area contributed by atoms with Crippen LogP contribution in [0.1, 0.15) is 0 Å². The van der Waals surface area contributed by atoms with Crippen molar-refractivity contribution in [2.75, 3.05) is 37.8 Å². The SMILES string of the molecule is CS(=O)(=O)N1CCN(C(=O)Nc2cc(O)c(O)c(O)c2)CC1. The van der Waals surface area contributed by atoms with Crippen LogP contribution in [-0.4, -0.2) is 71.4 Å². The predicted octanol–water partition coefficient (Wildman–Crippen LogP) is -0.0875. The van der Waals surface area contributed by atoms with Gasteiger partial charge in [0.05, 0.1) is 11.9 Å². The summed E-state index contributed by atoms with van der Waals surface area (Å²) in [5, 5.41) is 30.5. The third-order valence-electron chi connectivity index (χ3n) is 3.32. The van der Waals surface area contributed by atoms with Crippen molar-refractivity contribution >= 4 is 21.7 Å². The second kappa shape index (κ2) is 5.89. The lowest BCUT2D eigenvalue weighted by Crippen LogP contribution is -2.51. The second-order valence-corrected chi connectivity index (χ2v) is 6.92. The maximum atomic E-state index is 12.1. The van der Waals surface area contributed by atoms with Crippen molar-refractivity contribution in [3.8, 4) is 17.2 Å². The molecule has 2 rings (SSSR count). The Labute approximate surface area is 127 Å². The average molecular weight is 331 g/mol. The van der Waals surface area contributed by atoms with Crippen molar-refractivity contribution < 1.29 is 28.5 Å². The lowest BCUT2D eigenvalue weighted by molar-refractivity contribution is 0.184. The number of urea groups is 1. The standard InChI is InChI=1S/C12H17N3O6S/c1-22(20,21)15-4-2-14(3-5-15)12(19)13-8-6-9(16)11(18)10(17)7-8/h6-7,16-18H,2-5H2,1H3,(H,13,19). The van der Waals surface area contributed by atoms with E-state index in [1.807, 2.05) is 0 Å². The van der Waals surface area contributed by atoms with E-state index < -0.39 is 33.3 Å². The van der Waals surface area contributed by atoms with Crippen molar-refractivity contribution in [3.63, 3.8) is 0 Å². The summed E-state index contributed by atoms with van der Waals surface area (Å²) >= 11 is 0. The van der Waals surface area contributed by atoms with E-state index in [2.05, 4.69) is 5.32 Å². The Balaban J connectivity index is 2.00. The van der Waals surface area contributed by atoms with Gasteiger partial charge in [-0.15, -0.1) is 0 Å². The maximum Gasteiger partial charge on any atom is 0.321 e. The number of anilines is 1. The van der Waals surface area contributed by atoms with Crippen LogP contribution in [-0.2, 0) is 10.0 Å². The Morgan fingerprint density at radius 2 is 1.59 bits per heavy atom. The summed E-state index contributed by atoms with van der Waals surface area (Å²) < 4.78 is 24.1. The smallest absolute Gasteiger partial charge is 0.321 e. The first-order valence-electron chi connectivity index (χ1n) is 6.44. The fraction of sp³-hybridized carbons (Fsp3) is 0.417. The van der Waals surface area contributed by atoms with E-state index in [0.29, 0.717) is 0 Å². The fourth-order valence-electron chi connectivity index (χ4n) is 2.10.